The highest BCUT2D eigenvalue weighted by Crippen LogP contribution is 2.37. The number of hydrogen-bond donors (Lipinski definition) is 1. The highest BCUT2D eigenvalue weighted by molar-refractivity contribution is 6.04. The number of likely N-dealkylation sites (tertiary alicyclic amines) is 2. The van der Waals surface area contributed by atoms with E-state index in [1.165, 1.54) is 12.8 Å². The fourth-order valence-electron chi connectivity index (χ4n) is 5.48. The number of Topliss-reactive ketones (excluding diaryl/α,β-unsaturated/α-hetero) is 1. The van der Waals surface area contributed by atoms with Gasteiger partial charge in [-0.05, 0) is 50.0 Å². The van der Waals surface area contributed by atoms with Gasteiger partial charge in [-0.25, -0.2) is 0 Å². The number of amides is 2. The molecule has 3 heterocycles. The first kappa shape index (κ1) is 21.1. The van der Waals surface area contributed by atoms with E-state index < -0.39 is 0 Å². The maximum absolute atomic E-state index is 13.2. The van der Waals surface area contributed by atoms with Crippen LogP contribution in [0.3, 0.4) is 0 Å². The lowest BCUT2D eigenvalue weighted by atomic mass is 9.75. The number of ketones is 1. The second kappa shape index (κ2) is 8.20. The minimum atomic E-state index is -0.0757. The Balaban J connectivity index is 1.42. The molecular formula is C24H35N3O3. The van der Waals surface area contributed by atoms with Crippen LogP contribution in [0, 0.1) is 18.3 Å². The van der Waals surface area contributed by atoms with Gasteiger partial charge in [0.25, 0.3) is 5.91 Å². The number of aromatic amines is 1. The third-order valence-electron chi connectivity index (χ3n) is 7.16. The lowest BCUT2D eigenvalue weighted by Gasteiger charge is -2.34. The van der Waals surface area contributed by atoms with Crippen molar-refractivity contribution in [1.29, 1.82) is 0 Å². The van der Waals surface area contributed by atoms with E-state index in [9.17, 15) is 14.4 Å². The van der Waals surface area contributed by atoms with Crippen LogP contribution < -0.4 is 0 Å². The van der Waals surface area contributed by atoms with Crippen molar-refractivity contribution in [3.63, 3.8) is 0 Å². The molecule has 2 amide bonds. The zero-order chi connectivity index (χ0) is 21.5. The van der Waals surface area contributed by atoms with Gasteiger partial charge in [-0.3, -0.25) is 14.4 Å². The minimum absolute atomic E-state index is 0.0341. The van der Waals surface area contributed by atoms with Crippen molar-refractivity contribution in [3.8, 4) is 0 Å². The first-order valence-electron chi connectivity index (χ1n) is 11.6. The van der Waals surface area contributed by atoms with Crippen molar-refractivity contribution in [1.82, 2.24) is 14.8 Å². The van der Waals surface area contributed by atoms with Gasteiger partial charge in [-0.1, -0.05) is 26.7 Å². The molecule has 0 aromatic carbocycles. The summed E-state index contributed by atoms with van der Waals surface area (Å²) in [5.74, 6) is 0.416. The van der Waals surface area contributed by atoms with E-state index in [0.717, 1.165) is 62.0 Å². The fourth-order valence-corrected chi connectivity index (χ4v) is 5.48. The number of rotatable bonds is 2. The normalized spacial score (nSPS) is 22.6. The molecule has 0 unspecified atom stereocenters. The number of aromatic nitrogens is 1. The van der Waals surface area contributed by atoms with Crippen LogP contribution in [0.2, 0.25) is 0 Å². The Bertz CT molecular complexity index is 838. The number of carbonyl (C=O) groups excluding carboxylic acids is 3. The Hall–Kier alpha value is -2.11. The average Bonchev–Trinajstić information content (AvgIpc) is 2.87. The summed E-state index contributed by atoms with van der Waals surface area (Å²) in [4.78, 5) is 46.0. The smallest absolute Gasteiger partial charge is 0.270 e. The highest BCUT2D eigenvalue weighted by atomic mass is 16.2. The van der Waals surface area contributed by atoms with Crippen LogP contribution in [0.1, 0.15) is 90.9 Å². The summed E-state index contributed by atoms with van der Waals surface area (Å²) in [7, 11) is 0. The second-order valence-electron chi connectivity index (χ2n) is 10.2. The van der Waals surface area contributed by atoms with E-state index >= 15 is 0 Å². The van der Waals surface area contributed by atoms with Gasteiger partial charge in [-0.15, -0.1) is 0 Å². The van der Waals surface area contributed by atoms with Gasteiger partial charge in [-0.2, -0.15) is 0 Å². The topological polar surface area (TPSA) is 73.5 Å². The van der Waals surface area contributed by atoms with E-state index in [-0.39, 0.29) is 28.9 Å². The van der Waals surface area contributed by atoms with E-state index in [1.807, 2.05) is 16.7 Å². The van der Waals surface area contributed by atoms with Crippen molar-refractivity contribution in [2.24, 2.45) is 11.3 Å². The molecule has 6 heteroatoms. The molecule has 0 atom stereocenters. The molecule has 1 aliphatic carbocycles. The van der Waals surface area contributed by atoms with Crippen molar-refractivity contribution < 1.29 is 14.4 Å². The second-order valence-corrected chi connectivity index (χ2v) is 10.2. The number of nitrogens with one attached hydrogen (secondary N) is 1. The number of nitrogens with zero attached hydrogens (tertiary/aromatic N) is 2. The molecule has 6 nitrogen and oxygen atoms in total. The summed E-state index contributed by atoms with van der Waals surface area (Å²) in [6.07, 6.45) is 7.42. The van der Waals surface area contributed by atoms with Crippen LogP contribution in [0.15, 0.2) is 0 Å². The first-order chi connectivity index (χ1) is 14.3. The molecule has 3 aliphatic rings. The quantitative estimate of drug-likeness (QED) is 0.803. The van der Waals surface area contributed by atoms with Crippen LogP contribution in [0.25, 0.3) is 0 Å². The zero-order valence-electron chi connectivity index (χ0n) is 18.7. The Kier molecular flexibility index (Phi) is 5.78. The van der Waals surface area contributed by atoms with Crippen LogP contribution in [-0.4, -0.2) is 58.6 Å². The summed E-state index contributed by atoms with van der Waals surface area (Å²) < 4.78 is 0. The first-order valence-corrected chi connectivity index (χ1v) is 11.6. The van der Waals surface area contributed by atoms with Crippen molar-refractivity contribution >= 4 is 17.6 Å². The number of H-pyrrole nitrogens is 1. The van der Waals surface area contributed by atoms with Gasteiger partial charge in [0.05, 0.1) is 0 Å². The summed E-state index contributed by atoms with van der Waals surface area (Å²) in [5.41, 5.74) is 2.90. The van der Waals surface area contributed by atoms with E-state index in [4.69, 9.17) is 0 Å². The third-order valence-corrected chi connectivity index (χ3v) is 7.16. The lowest BCUT2D eigenvalue weighted by molar-refractivity contribution is -0.136. The van der Waals surface area contributed by atoms with Crippen LogP contribution >= 0.6 is 0 Å². The Morgan fingerprint density at radius 3 is 2.20 bits per heavy atom. The summed E-state index contributed by atoms with van der Waals surface area (Å²) >= 11 is 0. The molecule has 2 saturated heterocycles. The standard InChI is InChI=1S/C24H35N3O3/c1-16-20-18(14-24(2,3)15-19(20)28)25-21(16)23(30)27-12-8-17(9-13-27)22(29)26-10-6-4-5-7-11-26/h17,25H,4-15H2,1-3H3. The number of carbonyl (C=O) groups is 3. The molecule has 30 heavy (non-hydrogen) atoms. The van der Waals surface area contributed by atoms with Gasteiger partial charge >= 0.3 is 0 Å². The SMILES string of the molecule is Cc1c(C(=O)N2CCC(C(=O)N3CCCCCC3)CC2)[nH]c2c1C(=O)CC(C)(C)C2. The average molecular weight is 414 g/mol. The van der Waals surface area contributed by atoms with Crippen LogP contribution in [0.5, 0.6) is 0 Å². The number of piperidine rings is 1. The van der Waals surface area contributed by atoms with Crippen molar-refractivity contribution in [2.45, 2.75) is 72.1 Å². The van der Waals surface area contributed by atoms with Gasteiger partial charge in [0, 0.05) is 49.8 Å². The largest absolute Gasteiger partial charge is 0.354 e. The lowest BCUT2D eigenvalue weighted by Crippen LogP contribution is -2.44. The molecule has 1 aromatic rings. The van der Waals surface area contributed by atoms with Gasteiger partial charge in [0.2, 0.25) is 5.91 Å². The minimum Gasteiger partial charge on any atom is -0.354 e. The number of fused-ring (bicyclic) bond motifs is 1. The molecule has 0 saturated carbocycles. The van der Waals surface area contributed by atoms with E-state index in [2.05, 4.69) is 18.8 Å². The van der Waals surface area contributed by atoms with Gasteiger partial charge in [0.15, 0.2) is 5.78 Å². The van der Waals surface area contributed by atoms with E-state index in [1.54, 1.807) is 0 Å². The van der Waals surface area contributed by atoms with Crippen molar-refractivity contribution in [3.05, 3.63) is 22.5 Å². The molecule has 0 radical (unpaired) electrons. The fraction of sp³-hybridized carbons (Fsp3) is 0.708. The molecule has 0 bridgehead atoms. The van der Waals surface area contributed by atoms with Crippen LogP contribution in [0.4, 0.5) is 0 Å². The van der Waals surface area contributed by atoms with Crippen LogP contribution in [-0.2, 0) is 11.2 Å². The number of hydrogen-bond acceptors (Lipinski definition) is 3. The molecular weight excluding hydrogens is 378 g/mol. The summed E-state index contributed by atoms with van der Waals surface area (Å²) in [6.45, 7) is 9.05. The summed E-state index contributed by atoms with van der Waals surface area (Å²) in [6, 6.07) is 0. The maximum atomic E-state index is 13.2. The predicted molar refractivity (Wildman–Crippen MR) is 116 cm³/mol. The van der Waals surface area contributed by atoms with Gasteiger partial charge < -0.3 is 14.8 Å². The maximum Gasteiger partial charge on any atom is 0.270 e. The molecule has 1 N–H and O–H groups in total. The van der Waals surface area contributed by atoms with Crippen molar-refractivity contribution in [2.75, 3.05) is 26.2 Å². The molecule has 0 spiro atoms. The molecule has 164 valence electrons. The van der Waals surface area contributed by atoms with Gasteiger partial charge in [0.1, 0.15) is 5.69 Å². The molecule has 4 rings (SSSR count). The Morgan fingerprint density at radius 2 is 1.57 bits per heavy atom. The predicted octanol–water partition coefficient (Wildman–Crippen LogP) is 3.73. The molecule has 2 fully saturated rings. The third kappa shape index (κ3) is 4.06. The monoisotopic (exact) mass is 413 g/mol. The Morgan fingerprint density at radius 1 is 0.933 bits per heavy atom. The molecule has 2 aliphatic heterocycles. The zero-order valence-corrected chi connectivity index (χ0v) is 18.7. The Labute approximate surface area is 179 Å². The van der Waals surface area contributed by atoms with E-state index in [0.29, 0.717) is 25.2 Å². The summed E-state index contributed by atoms with van der Waals surface area (Å²) in [5, 5.41) is 0. The highest BCUT2D eigenvalue weighted by Gasteiger charge is 2.37. The molecule has 1 aromatic heterocycles.